The van der Waals surface area contributed by atoms with Gasteiger partial charge in [-0.15, -0.1) is 0 Å². The van der Waals surface area contributed by atoms with Gasteiger partial charge in [-0.1, -0.05) is 200 Å². The van der Waals surface area contributed by atoms with Gasteiger partial charge in [0.05, 0.1) is 22.1 Å². The molecule has 0 amide bonds. The minimum Gasteiger partial charge on any atom is -0.310 e. The van der Waals surface area contributed by atoms with Crippen LogP contribution in [0.5, 0.6) is 0 Å². The average molecular weight is 803 g/mol. The molecular weight excluding hydrogens is 761 g/mol. The molecule has 1 aromatic heterocycles. The molecular formula is C61H42N2. The molecule has 1 aliphatic carbocycles. The molecule has 0 spiro atoms. The molecule has 0 unspecified atom stereocenters. The summed E-state index contributed by atoms with van der Waals surface area (Å²) in [6.07, 6.45) is 0. The molecule has 11 aromatic rings. The Kier molecular flexibility index (Phi) is 8.76. The normalized spacial score (nSPS) is 12.6. The molecule has 0 fully saturated rings. The van der Waals surface area contributed by atoms with E-state index in [1.807, 2.05) is 0 Å². The van der Waals surface area contributed by atoms with Crippen molar-refractivity contribution in [3.8, 4) is 39.1 Å². The Morgan fingerprint density at radius 1 is 0.333 bits per heavy atom. The van der Waals surface area contributed by atoms with Gasteiger partial charge in [-0.05, 0) is 110 Å². The lowest BCUT2D eigenvalue weighted by molar-refractivity contribution is 0.768. The number of anilines is 3. The van der Waals surface area contributed by atoms with Crippen molar-refractivity contribution in [3.63, 3.8) is 0 Å². The molecule has 1 aliphatic rings. The fourth-order valence-electron chi connectivity index (χ4n) is 10.3. The molecule has 63 heavy (non-hydrogen) atoms. The van der Waals surface area contributed by atoms with Crippen molar-refractivity contribution >= 4 is 38.9 Å². The average Bonchev–Trinajstić information content (AvgIpc) is 3.87. The molecule has 0 saturated carbocycles. The van der Waals surface area contributed by atoms with E-state index in [9.17, 15) is 0 Å². The Hall–Kier alpha value is -8.20. The highest BCUT2D eigenvalue weighted by molar-refractivity contribution is 6.17. The van der Waals surface area contributed by atoms with Crippen molar-refractivity contribution in [3.05, 3.63) is 277 Å². The minimum absolute atomic E-state index is 0.477. The Balaban J connectivity index is 1.09. The molecule has 0 atom stereocenters. The van der Waals surface area contributed by atoms with E-state index in [1.165, 1.54) is 71.9 Å². The van der Waals surface area contributed by atoms with Crippen LogP contribution in [0.2, 0.25) is 0 Å². The van der Waals surface area contributed by atoms with Crippen molar-refractivity contribution < 1.29 is 0 Å². The van der Waals surface area contributed by atoms with Crippen LogP contribution in [0.1, 0.15) is 22.3 Å². The number of hydrogen-bond acceptors (Lipinski definition) is 1. The van der Waals surface area contributed by atoms with E-state index in [0.717, 1.165) is 28.3 Å². The first kappa shape index (κ1) is 36.6. The molecule has 2 heteroatoms. The maximum Gasteiger partial charge on any atom is 0.0713 e. The van der Waals surface area contributed by atoms with Gasteiger partial charge in [0.2, 0.25) is 0 Å². The van der Waals surface area contributed by atoms with Crippen molar-refractivity contribution in [2.45, 2.75) is 5.41 Å². The summed E-state index contributed by atoms with van der Waals surface area (Å²) in [4.78, 5) is 2.45. The van der Waals surface area contributed by atoms with Crippen LogP contribution in [0.4, 0.5) is 17.1 Å². The molecule has 2 nitrogen and oxygen atoms in total. The van der Waals surface area contributed by atoms with Gasteiger partial charge in [0.1, 0.15) is 0 Å². The molecule has 0 aliphatic heterocycles. The zero-order valence-electron chi connectivity index (χ0n) is 34.6. The maximum absolute atomic E-state index is 2.45. The fourth-order valence-corrected chi connectivity index (χ4v) is 10.3. The van der Waals surface area contributed by atoms with E-state index in [0.29, 0.717) is 0 Å². The second-order valence-electron chi connectivity index (χ2n) is 16.4. The highest BCUT2D eigenvalue weighted by atomic mass is 15.1. The van der Waals surface area contributed by atoms with Gasteiger partial charge < -0.3 is 9.47 Å². The summed E-state index contributed by atoms with van der Waals surface area (Å²) >= 11 is 0. The topological polar surface area (TPSA) is 8.17 Å². The second-order valence-corrected chi connectivity index (χ2v) is 16.4. The van der Waals surface area contributed by atoms with Gasteiger partial charge in [0.25, 0.3) is 0 Å². The van der Waals surface area contributed by atoms with Crippen LogP contribution in [-0.2, 0) is 5.41 Å². The summed E-state index contributed by atoms with van der Waals surface area (Å²) in [6.45, 7) is 0. The zero-order valence-corrected chi connectivity index (χ0v) is 34.6. The standard InChI is InChI=1S/C61H42N2/c1-5-18-43(19-6-1)45-32-37-50(38-33-45)62(51-39-35-48(36-40-51)61(47-22-9-3-10-23-47)55-28-15-13-26-52(55)53-27-14-16-29-56(53)61)57-30-17-31-58-60(57)54-41-34-46(44-20-7-2-8-21-44)42-59(54)63(58)49-24-11-4-12-25-49/h1-42H. The largest absolute Gasteiger partial charge is 0.310 e. The van der Waals surface area contributed by atoms with E-state index in [-0.39, 0.29) is 0 Å². The Morgan fingerprint density at radius 3 is 1.43 bits per heavy atom. The Labute approximate surface area is 368 Å². The van der Waals surface area contributed by atoms with Gasteiger partial charge in [-0.25, -0.2) is 0 Å². The maximum atomic E-state index is 2.45. The van der Waals surface area contributed by atoms with E-state index in [1.54, 1.807) is 0 Å². The van der Waals surface area contributed by atoms with E-state index >= 15 is 0 Å². The first-order valence-electron chi connectivity index (χ1n) is 21.8. The van der Waals surface area contributed by atoms with Gasteiger partial charge in [-0.3, -0.25) is 0 Å². The smallest absolute Gasteiger partial charge is 0.0713 e. The highest BCUT2D eigenvalue weighted by Gasteiger charge is 2.45. The molecule has 1 heterocycles. The lowest BCUT2D eigenvalue weighted by Crippen LogP contribution is -2.28. The zero-order chi connectivity index (χ0) is 41.7. The fraction of sp³-hybridized carbons (Fsp3) is 0.0164. The molecule has 0 bridgehead atoms. The third-order valence-electron chi connectivity index (χ3n) is 13.1. The van der Waals surface area contributed by atoms with Crippen LogP contribution >= 0.6 is 0 Å². The number of para-hydroxylation sites is 1. The first-order chi connectivity index (χ1) is 31.3. The van der Waals surface area contributed by atoms with E-state index in [2.05, 4.69) is 264 Å². The number of rotatable bonds is 8. The van der Waals surface area contributed by atoms with Crippen LogP contribution in [0.15, 0.2) is 255 Å². The molecule has 0 N–H and O–H groups in total. The number of fused-ring (bicyclic) bond motifs is 6. The number of benzene rings is 10. The molecule has 12 rings (SSSR count). The van der Waals surface area contributed by atoms with Crippen LogP contribution in [0, 0.1) is 0 Å². The number of aromatic nitrogens is 1. The van der Waals surface area contributed by atoms with E-state index in [4.69, 9.17) is 0 Å². The lowest BCUT2D eigenvalue weighted by Gasteiger charge is -2.34. The van der Waals surface area contributed by atoms with E-state index < -0.39 is 5.41 Å². The summed E-state index contributed by atoms with van der Waals surface area (Å²) in [6, 6.07) is 93.2. The van der Waals surface area contributed by atoms with Crippen LogP contribution < -0.4 is 4.90 Å². The van der Waals surface area contributed by atoms with Gasteiger partial charge in [-0.2, -0.15) is 0 Å². The lowest BCUT2D eigenvalue weighted by atomic mass is 9.68. The summed E-state index contributed by atoms with van der Waals surface area (Å²) < 4.78 is 2.43. The molecule has 0 radical (unpaired) electrons. The van der Waals surface area contributed by atoms with Gasteiger partial charge in [0.15, 0.2) is 0 Å². The van der Waals surface area contributed by atoms with Crippen molar-refractivity contribution in [1.29, 1.82) is 0 Å². The van der Waals surface area contributed by atoms with Crippen molar-refractivity contribution in [1.82, 2.24) is 4.57 Å². The van der Waals surface area contributed by atoms with Gasteiger partial charge >= 0.3 is 0 Å². The first-order valence-corrected chi connectivity index (χ1v) is 21.8. The third kappa shape index (κ3) is 5.87. The quantitative estimate of drug-likeness (QED) is 0.149. The highest BCUT2D eigenvalue weighted by Crippen LogP contribution is 2.56. The second kappa shape index (κ2) is 15.1. The third-order valence-corrected chi connectivity index (χ3v) is 13.1. The summed E-state index contributed by atoms with van der Waals surface area (Å²) in [5.74, 6) is 0. The predicted molar refractivity (Wildman–Crippen MR) is 264 cm³/mol. The summed E-state index contributed by atoms with van der Waals surface area (Å²) in [7, 11) is 0. The Morgan fingerprint density at radius 2 is 0.810 bits per heavy atom. The van der Waals surface area contributed by atoms with Crippen LogP contribution in [0.25, 0.3) is 60.9 Å². The minimum atomic E-state index is -0.477. The molecule has 0 saturated heterocycles. The van der Waals surface area contributed by atoms with Crippen LogP contribution in [0.3, 0.4) is 0 Å². The predicted octanol–water partition coefficient (Wildman–Crippen LogP) is 16.0. The van der Waals surface area contributed by atoms with Crippen molar-refractivity contribution in [2.75, 3.05) is 4.90 Å². The summed E-state index contributed by atoms with van der Waals surface area (Å²) in [5, 5.41) is 2.40. The molecule has 296 valence electrons. The monoisotopic (exact) mass is 802 g/mol. The summed E-state index contributed by atoms with van der Waals surface area (Å²) in [5.41, 5.74) is 18.8. The number of hydrogen-bond donors (Lipinski definition) is 0. The number of nitrogens with zero attached hydrogens (tertiary/aromatic N) is 2. The van der Waals surface area contributed by atoms with Crippen LogP contribution in [-0.4, -0.2) is 4.57 Å². The van der Waals surface area contributed by atoms with Crippen molar-refractivity contribution in [2.24, 2.45) is 0 Å². The van der Waals surface area contributed by atoms with Gasteiger partial charge in [0, 0.05) is 27.8 Å². The molecule has 10 aromatic carbocycles. The Bertz CT molecular complexity index is 3360. The SMILES string of the molecule is c1ccc(-c2ccc(N(c3ccc(C4(c5ccccc5)c5ccccc5-c5ccccc54)cc3)c3cccc4c3c3ccc(-c5ccccc5)cc3n4-c3ccccc3)cc2)cc1.